The average molecular weight is 226 g/mol. The molecule has 0 aliphatic carbocycles. The van der Waals surface area contributed by atoms with Crippen LogP contribution in [0.2, 0.25) is 0 Å². The molecule has 1 saturated heterocycles. The minimum absolute atomic E-state index is 0.129. The van der Waals surface area contributed by atoms with Crippen molar-refractivity contribution in [2.45, 2.75) is 45.1 Å². The summed E-state index contributed by atoms with van der Waals surface area (Å²) in [6.07, 6.45) is 5.36. The van der Waals surface area contributed by atoms with Gasteiger partial charge in [0.15, 0.2) is 5.78 Å². The Morgan fingerprint density at radius 3 is 2.69 bits per heavy atom. The van der Waals surface area contributed by atoms with Crippen LogP contribution < -0.4 is 0 Å². The molecule has 1 rings (SSSR count). The molecule has 0 spiro atoms. The molecule has 0 radical (unpaired) electrons. The van der Waals surface area contributed by atoms with Gasteiger partial charge in [-0.2, -0.15) is 0 Å². The topological polar surface area (TPSA) is 23.6 Å². The number of rotatable bonds is 5. The van der Waals surface area contributed by atoms with E-state index in [9.17, 15) is 4.79 Å². The molecule has 16 heavy (non-hydrogen) atoms. The third-order valence-corrected chi connectivity index (χ3v) is 3.47. The molecule has 1 unspecified atom stereocenters. The largest absolute Gasteiger partial charge is 0.304 e. The molecule has 0 aromatic heterocycles. The van der Waals surface area contributed by atoms with Crippen LogP contribution in [-0.2, 0) is 4.79 Å². The molecule has 0 aromatic rings. The third-order valence-electron chi connectivity index (χ3n) is 3.47. The summed E-state index contributed by atoms with van der Waals surface area (Å²) in [7, 11) is 4.20. The monoisotopic (exact) mass is 226 g/mol. The van der Waals surface area contributed by atoms with Crippen molar-refractivity contribution >= 4 is 5.78 Å². The predicted octanol–water partition coefficient (Wildman–Crippen LogP) is 1.77. The number of carbonyl (C=O) groups excluding carboxylic acids is 1. The highest BCUT2D eigenvalue weighted by molar-refractivity contribution is 5.84. The molecule has 3 heteroatoms. The Bertz CT molecular complexity index is 218. The molecule has 0 amide bonds. The smallest absolute Gasteiger partial charge is 0.151 e. The second-order valence-electron chi connectivity index (χ2n) is 5.04. The summed E-state index contributed by atoms with van der Waals surface area (Å²) in [5.74, 6) is 0.435. The summed E-state index contributed by atoms with van der Waals surface area (Å²) < 4.78 is 0. The zero-order chi connectivity index (χ0) is 12.0. The quantitative estimate of drug-likeness (QED) is 0.668. The number of Topliss-reactive ketones (excluding diaryl/α,β-unsaturated/α-hetero) is 1. The Kier molecular flexibility index (Phi) is 5.99. The standard InChI is InChI=1S/C13H26N2O/c1-4-5-6-8-13(16)12-11-14(2)9-7-10-15(12)3/h12H,4-11H2,1-3H3. The molecular weight excluding hydrogens is 200 g/mol. The van der Waals surface area contributed by atoms with Crippen molar-refractivity contribution in [1.82, 2.24) is 9.80 Å². The van der Waals surface area contributed by atoms with E-state index in [1.165, 1.54) is 19.3 Å². The lowest BCUT2D eigenvalue weighted by atomic mass is 10.0. The van der Waals surface area contributed by atoms with Crippen LogP contribution in [0.3, 0.4) is 0 Å². The lowest BCUT2D eigenvalue weighted by molar-refractivity contribution is -0.124. The van der Waals surface area contributed by atoms with Crippen LogP contribution in [0.5, 0.6) is 0 Å². The van der Waals surface area contributed by atoms with Crippen LogP contribution >= 0.6 is 0 Å². The fraction of sp³-hybridized carbons (Fsp3) is 0.923. The van der Waals surface area contributed by atoms with Crippen LogP contribution in [0.25, 0.3) is 0 Å². The minimum Gasteiger partial charge on any atom is -0.304 e. The fourth-order valence-electron chi connectivity index (χ4n) is 2.34. The maximum absolute atomic E-state index is 12.1. The van der Waals surface area contributed by atoms with Crippen molar-refractivity contribution in [1.29, 1.82) is 0 Å². The highest BCUT2D eigenvalue weighted by atomic mass is 16.1. The lowest BCUT2D eigenvalue weighted by Crippen LogP contribution is -2.43. The van der Waals surface area contributed by atoms with Crippen LogP contribution in [0.1, 0.15) is 39.0 Å². The first-order valence-electron chi connectivity index (χ1n) is 6.56. The summed E-state index contributed by atoms with van der Waals surface area (Å²) >= 11 is 0. The van der Waals surface area contributed by atoms with Crippen LogP contribution in [0, 0.1) is 0 Å². The van der Waals surface area contributed by atoms with Crippen LogP contribution in [-0.4, -0.2) is 55.4 Å². The Morgan fingerprint density at radius 2 is 2.00 bits per heavy atom. The second kappa shape index (κ2) is 7.02. The highest BCUT2D eigenvalue weighted by Gasteiger charge is 2.25. The molecule has 0 bridgehead atoms. The number of likely N-dealkylation sites (N-methyl/N-ethyl adjacent to an activating group) is 2. The molecule has 0 N–H and O–H groups in total. The maximum Gasteiger partial charge on any atom is 0.151 e. The summed E-state index contributed by atoms with van der Waals surface area (Å²) in [5.41, 5.74) is 0. The van der Waals surface area contributed by atoms with Gasteiger partial charge < -0.3 is 4.90 Å². The van der Waals surface area contributed by atoms with E-state index in [1.807, 2.05) is 0 Å². The minimum atomic E-state index is 0.129. The van der Waals surface area contributed by atoms with Crippen molar-refractivity contribution in [3.8, 4) is 0 Å². The SMILES string of the molecule is CCCCCC(=O)C1CN(C)CCCN1C. The number of nitrogens with zero attached hydrogens (tertiary/aromatic N) is 2. The molecule has 1 aliphatic rings. The summed E-state index contributed by atoms with van der Waals surface area (Å²) in [4.78, 5) is 16.6. The van der Waals surface area contributed by atoms with Gasteiger partial charge in [-0.15, -0.1) is 0 Å². The van der Waals surface area contributed by atoms with Crippen molar-refractivity contribution in [3.05, 3.63) is 0 Å². The van der Waals surface area contributed by atoms with Gasteiger partial charge in [0.2, 0.25) is 0 Å². The van der Waals surface area contributed by atoms with E-state index in [4.69, 9.17) is 0 Å². The Balaban J connectivity index is 2.44. The maximum atomic E-state index is 12.1. The average Bonchev–Trinajstić information content (AvgIpc) is 2.41. The number of hydrogen-bond donors (Lipinski definition) is 0. The second-order valence-corrected chi connectivity index (χ2v) is 5.04. The van der Waals surface area contributed by atoms with Gasteiger partial charge >= 0.3 is 0 Å². The van der Waals surface area contributed by atoms with E-state index >= 15 is 0 Å². The molecule has 0 aromatic carbocycles. The van der Waals surface area contributed by atoms with Crippen molar-refractivity contribution < 1.29 is 4.79 Å². The molecule has 94 valence electrons. The number of carbonyl (C=O) groups is 1. The molecule has 0 saturated carbocycles. The van der Waals surface area contributed by atoms with E-state index < -0.39 is 0 Å². The zero-order valence-electron chi connectivity index (χ0n) is 11.0. The summed E-state index contributed by atoms with van der Waals surface area (Å²) in [6.45, 7) is 5.25. The van der Waals surface area contributed by atoms with Gasteiger partial charge in [0.05, 0.1) is 6.04 Å². The number of ketones is 1. The van der Waals surface area contributed by atoms with E-state index in [2.05, 4.69) is 30.8 Å². The predicted molar refractivity (Wildman–Crippen MR) is 67.7 cm³/mol. The molecule has 3 nitrogen and oxygen atoms in total. The number of hydrogen-bond acceptors (Lipinski definition) is 3. The first-order valence-corrected chi connectivity index (χ1v) is 6.56. The lowest BCUT2D eigenvalue weighted by Gasteiger charge is -2.26. The molecule has 1 aliphatic heterocycles. The fourth-order valence-corrected chi connectivity index (χ4v) is 2.34. The van der Waals surface area contributed by atoms with E-state index in [-0.39, 0.29) is 6.04 Å². The van der Waals surface area contributed by atoms with E-state index in [0.29, 0.717) is 5.78 Å². The summed E-state index contributed by atoms with van der Waals surface area (Å²) in [5, 5.41) is 0. The van der Waals surface area contributed by atoms with Crippen LogP contribution in [0.15, 0.2) is 0 Å². The highest BCUT2D eigenvalue weighted by Crippen LogP contribution is 2.11. The van der Waals surface area contributed by atoms with Gasteiger partial charge in [-0.05, 0) is 40.0 Å². The zero-order valence-corrected chi connectivity index (χ0v) is 11.0. The molecule has 1 fully saturated rings. The van der Waals surface area contributed by atoms with Crippen molar-refractivity contribution in [2.24, 2.45) is 0 Å². The molecular formula is C13H26N2O. The Morgan fingerprint density at radius 1 is 1.25 bits per heavy atom. The van der Waals surface area contributed by atoms with Gasteiger partial charge in [-0.1, -0.05) is 19.8 Å². The normalized spacial score (nSPS) is 24.3. The molecule has 1 atom stereocenters. The van der Waals surface area contributed by atoms with Crippen molar-refractivity contribution in [3.63, 3.8) is 0 Å². The summed E-state index contributed by atoms with van der Waals surface area (Å²) in [6, 6.07) is 0.129. The van der Waals surface area contributed by atoms with Gasteiger partial charge in [-0.25, -0.2) is 0 Å². The van der Waals surface area contributed by atoms with E-state index in [0.717, 1.165) is 32.5 Å². The van der Waals surface area contributed by atoms with E-state index in [1.54, 1.807) is 0 Å². The first-order chi connectivity index (χ1) is 7.65. The number of unbranched alkanes of at least 4 members (excludes halogenated alkanes) is 2. The van der Waals surface area contributed by atoms with Crippen molar-refractivity contribution in [2.75, 3.05) is 33.7 Å². The Labute approximate surface area is 99.8 Å². The van der Waals surface area contributed by atoms with Gasteiger partial charge in [0.25, 0.3) is 0 Å². The van der Waals surface area contributed by atoms with Crippen LogP contribution in [0.4, 0.5) is 0 Å². The van der Waals surface area contributed by atoms with Gasteiger partial charge in [0.1, 0.15) is 0 Å². The first kappa shape index (κ1) is 13.7. The van der Waals surface area contributed by atoms with Gasteiger partial charge in [-0.3, -0.25) is 9.69 Å². The third kappa shape index (κ3) is 4.22. The Hall–Kier alpha value is -0.410. The molecule has 1 heterocycles. The van der Waals surface area contributed by atoms with Gasteiger partial charge in [0, 0.05) is 13.0 Å².